The van der Waals surface area contributed by atoms with Gasteiger partial charge in [-0.15, -0.1) is 0 Å². The van der Waals surface area contributed by atoms with Gasteiger partial charge in [-0.2, -0.15) is 0 Å². The van der Waals surface area contributed by atoms with Crippen LogP contribution in [0, 0.1) is 25.5 Å². The molecule has 0 radical (unpaired) electrons. The largest absolute Gasteiger partial charge is 0.369 e. The average Bonchev–Trinajstić information content (AvgIpc) is 2.72. The highest BCUT2D eigenvalue weighted by molar-refractivity contribution is 5.79. The van der Waals surface area contributed by atoms with Crippen molar-refractivity contribution in [1.82, 2.24) is 14.5 Å². The standard InChI is InChI=1S/C14H12F2N4/c1-7-3-4-18-13-12(7)19-14(17)20(13)11-6-9(15)8(2)5-10(11)16/h3-6H,1-2H3,(H2,17,19). The number of aryl methyl sites for hydroxylation is 2. The first-order valence-electron chi connectivity index (χ1n) is 6.04. The molecule has 1 aromatic carbocycles. The van der Waals surface area contributed by atoms with Gasteiger partial charge in [0.25, 0.3) is 0 Å². The molecule has 0 atom stereocenters. The molecule has 6 heteroatoms. The van der Waals surface area contributed by atoms with E-state index in [-0.39, 0.29) is 17.2 Å². The maximum absolute atomic E-state index is 14.1. The van der Waals surface area contributed by atoms with Crippen molar-refractivity contribution in [3.63, 3.8) is 0 Å². The van der Waals surface area contributed by atoms with E-state index in [0.29, 0.717) is 11.2 Å². The number of benzene rings is 1. The fraction of sp³-hybridized carbons (Fsp3) is 0.143. The molecule has 4 nitrogen and oxygen atoms in total. The van der Waals surface area contributed by atoms with Gasteiger partial charge in [0, 0.05) is 12.3 Å². The smallest absolute Gasteiger partial charge is 0.207 e. The molecule has 0 unspecified atom stereocenters. The fourth-order valence-corrected chi connectivity index (χ4v) is 2.16. The fourth-order valence-electron chi connectivity index (χ4n) is 2.16. The Hall–Kier alpha value is -2.50. The van der Waals surface area contributed by atoms with E-state index in [4.69, 9.17) is 5.73 Å². The number of nitrogen functional groups attached to an aromatic ring is 1. The van der Waals surface area contributed by atoms with E-state index in [1.54, 1.807) is 12.3 Å². The van der Waals surface area contributed by atoms with E-state index in [0.717, 1.165) is 17.7 Å². The Morgan fingerprint density at radius 1 is 1.10 bits per heavy atom. The lowest BCUT2D eigenvalue weighted by Gasteiger charge is -2.08. The first-order chi connectivity index (χ1) is 9.49. The monoisotopic (exact) mass is 274 g/mol. The Bertz CT molecular complexity index is 824. The maximum Gasteiger partial charge on any atom is 0.207 e. The van der Waals surface area contributed by atoms with Gasteiger partial charge in [0.1, 0.15) is 17.2 Å². The number of nitrogens with zero attached hydrogens (tertiary/aromatic N) is 3. The minimum Gasteiger partial charge on any atom is -0.369 e. The summed E-state index contributed by atoms with van der Waals surface area (Å²) in [5.41, 5.74) is 7.92. The van der Waals surface area contributed by atoms with Gasteiger partial charge in [-0.25, -0.2) is 18.7 Å². The number of fused-ring (bicyclic) bond motifs is 1. The van der Waals surface area contributed by atoms with Crippen molar-refractivity contribution in [2.24, 2.45) is 0 Å². The van der Waals surface area contributed by atoms with Crippen LogP contribution in [0.1, 0.15) is 11.1 Å². The number of aromatic nitrogens is 3. The summed E-state index contributed by atoms with van der Waals surface area (Å²) in [4.78, 5) is 8.34. The summed E-state index contributed by atoms with van der Waals surface area (Å²) in [5.74, 6) is -1.00. The predicted octanol–water partition coefficient (Wildman–Crippen LogP) is 2.90. The van der Waals surface area contributed by atoms with Gasteiger partial charge in [0.05, 0.1) is 5.69 Å². The van der Waals surface area contributed by atoms with Crippen LogP contribution in [-0.4, -0.2) is 14.5 Å². The van der Waals surface area contributed by atoms with E-state index in [9.17, 15) is 8.78 Å². The molecule has 2 N–H and O–H groups in total. The van der Waals surface area contributed by atoms with Gasteiger partial charge in [0.15, 0.2) is 5.65 Å². The van der Waals surface area contributed by atoms with Crippen LogP contribution < -0.4 is 5.73 Å². The topological polar surface area (TPSA) is 56.7 Å². The van der Waals surface area contributed by atoms with Gasteiger partial charge >= 0.3 is 0 Å². The van der Waals surface area contributed by atoms with Crippen molar-refractivity contribution >= 4 is 17.1 Å². The minimum atomic E-state index is -0.571. The molecule has 102 valence electrons. The van der Waals surface area contributed by atoms with Gasteiger partial charge in [-0.1, -0.05) is 0 Å². The lowest BCUT2D eigenvalue weighted by Crippen LogP contribution is -2.05. The SMILES string of the molecule is Cc1cc(F)c(-n2c(N)nc3c(C)ccnc32)cc1F. The summed E-state index contributed by atoms with van der Waals surface area (Å²) in [7, 11) is 0. The Morgan fingerprint density at radius 2 is 1.85 bits per heavy atom. The molecule has 3 aromatic rings. The maximum atomic E-state index is 14.1. The van der Waals surface area contributed by atoms with Gasteiger partial charge < -0.3 is 5.73 Å². The molecule has 0 amide bonds. The first kappa shape index (κ1) is 12.5. The highest BCUT2D eigenvalue weighted by atomic mass is 19.1. The van der Waals surface area contributed by atoms with Crippen LogP contribution in [0.15, 0.2) is 24.4 Å². The third-order valence-electron chi connectivity index (χ3n) is 3.24. The zero-order valence-corrected chi connectivity index (χ0v) is 11.0. The van der Waals surface area contributed by atoms with Crippen LogP contribution >= 0.6 is 0 Å². The highest BCUT2D eigenvalue weighted by Gasteiger charge is 2.17. The Morgan fingerprint density at radius 3 is 2.60 bits per heavy atom. The molecule has 0 saturated carbocycles. The van der Waals surface area contributed by atoms with Crippen LogP contribution in [0.5, 0.6) is 0 Å². The van der Waals surface area contributed by atoms with E-state index in [1.807, 2.05) is 6.92 Å². The van der Waals surface area contributed by atoms with E-state index in [1.165, 1.54) is 11.5 Å². The zero-order valence-electron chi connectivity index (χ0n) is 11.0. The number of anilines is 1. The molecule has 20 heavy (non-hydrogen) atoms. The van der Waals surface area contributed by atoms with Gasteiger partial charge in [-0.05, 0) is 37.1 Å². The second-order valence-corrected chi connectivity index (χ2v) is 4.66. The van der Waals surface area contributed by atoms with Gasteiger partial charge in [0.2, 0.25) is 5.95 Å². The summed E-state index contributed by atoms with van der Waals surface area (Å²) in [6.45, 7) is 3.35. The van der Waals surface area contributed by atoms with Crippen molar-refractivity contribution in [3.05, 3.63) is 47.2 Å². The quantitative estimate of drug-likeness (QED) is 0.742. The molecule has 0 aliphatic carbocycles. The Kier molecular flexibility index (Phi) is 2.67. The molecule has 0 bridgehead atoms. The number of rotatable bonds is 1. The molecule has 2 aromatic heterocycles. The zero-order chi connectivity index (χ0) is 14.4. The molecular formula is C14H12F2N4. The Labute approximate surface area is 113 Å². The molecule has 0 aliphatic rings. The third-order valence-corrected chi connectivity index (χ3v) is 3.24. The highest BCUT2D eigenvalue weighted by Crippen LogP contribution is 2.26. The predicted molar refractivity (Wildman–Crippen MR) is 72.7 cm³/mol. The Balaban J connectivity index is 2.38. The van der Waals surface area contributed by atoms with Crippen molar-refractivity contribution in [2.45, 2.75) is 13.8 Å². The first-order valence-corrected chi connectivity index (χ1v) is 6.04. The van der Waals surface area contributed by atoms with Crippen molar-refractivity contribution in [3.8, 4) is 5.69 Å². The van der Waals surface area contributed by atoms with Crippen LogP contribution in [0.4, 0.5) is 14.7 Å². The van der Waals surface area contributed by atoms with Crippen LogP contribution in [0.3, 0.4) is 0 Å². The molecule has 2 heterocycles. The lowest BCUT2D eigenvalue weighted by molar-refractivity contribution is 0.586. The summed E-state index contributed by atoms with van der Waals surface area (Å²) < 4.78 is 29.1. The summed E-state index contributed by atoms with van der Waals surface area (Å²) in [5, 5.41) is 0. The van der Waals surface area contributed by atoms with Gasteiger partial charge in [-0.3, -0.25) is 4.57 Å². The average molecular weight is 274 g/mol. The molecular weight excluding hydrogens is 262 g/mol. The molecule has 3 rings (SSSR count). The molecule has 0 aliphatic heterocycles. The van der Waals surface area contributed by atoms with Crippen molar-refractivity contribution in [2.75, 3.05) is 5.73 Å². The second kappa shape index (κ2) is 4.26. The van der Waals surface area contributed by atoms with Crippen LogP contribution in [0.2, 0.25) is 0 Å². The summed E-state index contributed by atoms with van der Waals surface area (Å²) in [6, 6.07) is 4.02. The van der Waals surface area contributed by atoms with Crippen molar-refractivity contribution < 1.29 is 8.78 Å². The molecule has 0 saturated heterocycles. The number of halogens is 2. The number of nitrogens with two attached hydrogens (primary N) is 1. The lowest BCUT2D eigenvalue weighted by atomic mass is 10.2. The van der Waals surface area contributed by atoms with Crippen LogP contribution in [-0.2, 0) is 0 Å². The van der Waals surface area contributed by atoms with Crippen LogP contribution in [0.25, 0.3) is 16.9 Å². The molecule has 0 spiro atoms. The number of hydrogen-bond acceptors (Lipinski definition) is 3. The van der Waals surface area contributed by atoms with Crippen molar-refractivity contribution in [1.29, 1.82) is 0 Å². The normalized spacial score (nSPS) is 11.2. The summed E-state index contributed by atoms with van der Waals surface area (Å²) in [6.07, 6.45) is 1.58. The van der Waals surface area contributed by atoms with E-state index in [2.05, 4.69) is 9.97 Å². The number of pyridine rings is 1. The van der Waals surface area contributed by atoms with E-state index < -0.39 is 11.6 Å². The second-order valence-electron chi connectivity index (χ2n) is 4.66. The van der Waals surface area contributed by atoms with E-state index >= 15 is 0 Å². The molecule has 0 fully saturated rings. The third kappa shape index (κ3) is 1.72. The number of imidazole rings is 1. The summed E-state index contributed by atoms with van der Waals surface area (Å²) >= 11 is 0. The minimum absolute atomic E-state index is 0.00574. The number of hydrogen-bond donors (Lipinski definition) is 1.